The highest BCUT2D eigenvalue weighted by atomic mass is 32.2. The number of carboxylic acids is 3. The van der Waals surface area contributed by atoms with Crippen molar-refractivity contribution in [1.82, 2.24) is 0 Å². The van der Waals surface area contributed by atoms with Gasteiger partial charge < -0.3 is 20.4 Å². The minimum Gasteiger partial charge on any atom is -0.481 e. The third-order valence-electron chi connectivity index (χ3n) is 1.72. The van der Waals surface area contributed by atoms with Crippen LogP contribution in [0.2, 0.25) is 0 Å². The number of rotatable bonds is 7. The highest BCUT2D eigenvalue weighted by Gasteiger charge is 2.52. The number of carboxylic acid groups (broad SMARTS) is 3. The van der Waals surface area contributed by atoms with Crippen LogP contribution in [0.4, 0.5) is 0 Å². The smallest absolute Gasteiger partial charge is 0.339 e. The Balaban J connectivity index is 5.58. The van der Waals surface area contributed by atoms with Gasteiger partial charge in [-0.2, -0.15) is 8.42 Å². The summed E-state index contributed by atoms with van der Waals surface area (Å²) >= 11 is 0. The van der Waals surface area contributed by atoms with Crippen molar-refractivity contribution >= 4 is 28.0 Å². The van der Waals surface area contributed by atoms with E-state index >= 15 is 0 Å². The maximum Gasteiger partial charge on any atom is 0.339 e. The van der Waals surface area contributed by atoms with Gasteiger partial charge in [0.1, 0.15) is 0 Å². The Kier molecular flexibility index (Phi) is 4.78. The lowest BCUT2D eigenvalue weighted by atomic mass is 9.93. The Labute approximate surface area is 101 Å². The van der Waals surface area contributed by atoms with E-state index in [0.29, 0.717) is 6.26 Å². The third-order valence-corrected chi connectivity index (χ3v) is 2.26. The second kappa shape index (κ2) is 5.29. The first kappa shape index (κ1) is 16.3. The summed E-state index contributed by atoms with van der Waals surface area (Å²) in [4.78, 5) is 31.8. The molecule has 0 aromatic rings. The van der Waals surface area contributed by atoms with Crippen LogP contribution in [0, 0.1) is 0 Å². The van der Waals surface area contributed by atoms with E-state index in [1.807, 2.05) is 0 Å². The quantitative estimate of drug-likeness (QED) is 0.372. The number of aliphatic hydroxyl groups is 1. The van der Waals surface area contributed by atoms with Crippen molar-refractivity contribution in [3.8, 4) is 0 Å². The van der Waals surface area contributed by atoms with Crippen LogP contribution in [-0.2, 0) is 28.7 Å². The Morgan fingerprint density at radius 3 is 1.89 bits per heavy atom. The zero-order valence-electron chi connectivity index (χ0n) is 8.93. The zero-order chi connectivity index (χ0) is 14.7. The fourth-order valence-electron chi connectivity index (χ4n) is 1.01. The third kappa shape index (κ3) is 4.27. The topological polar surface area (TPSA) is 175 Å². The van der Waals surface area contributed by atoms with Gasteiger partial charge in [-0.15, -0.1) is 0 Å². The number of hydrogen-bond donors (Lipinski definition) is 4. The van der Waals surface area contributed by atoms with Crippen LogP contribution >= 0.6 is 0 Å². The molecule has 0 aromatic carbocycles. The summed E-state index contributed by atoms with van der Waals surface area (Å²) in [6, 6.07) is 0. The van der Waals surface area contributed by atoms with E-state index in [4.69, 9.17) is 15.3 Å². The molecule has 0 saturated heterocycles. The molecule has 0 bridgehead atoms. The Morgan fingerprint density at radius 1 is 1.22 bits per heavy atom. The van der Waals surface area contributed by atoms with Crippen LogP contribution in [0.1, 0.15) is 6.42 Å². The summed E-state index contributed by atoms with van der Waals surface area (Å²) in [5.74, 6) is -6.21. The SMILES string of the molecule is CS(=O)(=O)OC(C(=O)O)C(O)(CC(=O)O)C(=O)O. The van der Waals surface area contributed by atoms with Crippen molar-refractivity contribution in [1.29, 1.82) is 0 Å². The van der Waals surface area contributed by atoms with E-state index < -0.39 is 46.2 Å². The van der Waals surface area contributed by atoms with Gasteiger partial charge in [0.15, 0.2) is 0 Å². The van der Waals surface area contributed by atoms with Crippen LogP contribution in [0.5, 0.6) is 0 Å². The van der Waals surface area contributed by atoms with Gasteiger partial charge in [-0.05, 0) is 0 Å². The average Bonchev–Trinajstić information content (AvgIpc) is 2.10. The molecule has 2 atom stereocenters. The minimum atomic E-state index is -4.42. The molecule has 0 spiro atoms. The van der Waals surface area contributed by atoms with E-state index in [9.17, 15) is 27.9 Å². The number of carbonyl (C=O) groups is 3. The molecular formula is C7H10O10S. The Hall–Kier alpha value is -1.72. The molecule has 0 radical (unpaired) electrons. The fourth-order valence-corrected chi connectivity index (χ4v) is 1.60. The predicted octanol–water partition coefficient (Wildman–Crippen LogP) is -2.29. The first-order valence-corrected chi connectivity index (χ1v) is 6.00. The second-order valence-electron chi connectivity index (χ2n) is 3.32. The maximum atomic E-state index is 10.8. The van der Waals surface area contributed by atoms with Gasteiger partial charge in [-0.3, -0.25) is 8.98 Å². The second-order valence-corrected chi connectivity index (χ2v) is 4.92. The van der Waals surface area contributed by atoms with E-state index in [2.05, 4.69) is 4.18 Å². The monoisotopic (exact) mass is 286 g/mol. The molecule has 0 aliphatic heterocycles. The molecule has 4 N–H and O–H groups in total. The molecule has 10 nitrogen and oxygen atoms in total. The van der Waals surface area contributed by atoms with Crippen LogP contribution < -0.4 is 0 Å². The minimum absolute atomic E-state index is 0.423. The van der Waals surface area contributed by atoms with Crippen molar-refractivity contribution in [3.63, 3.8) is 0 Å². The van der Waals surface area contributed by atoms with E-state index in [-0.39, 0.29) is 0 Å². The predicted molar refractivity (Wildman–Crippen MR) is 52.2 cm³/mol. The first-order chi connectivity index (χ1) is 7.90. The van der Waals surface area contributed by atoms with Crippen molar-refractivity contribution < 1.29 is 47.4 Å². The average molecular weight is 286 g/mol. The highest BCUT2D eigenvalue weighted by molar-refractivity contribution is 7.86. The Morgan fingerprint density at radius 2 is 1.67 bits per heavy atom. The van der Waals surface area contributed by atoms with Crippen LogP contribution in [0.3, 0.4) is 0 Å². The van der Waals surface area contributed by atoms with Crippen molar-refractivity contribution in [2.75, 3.05) is 6.26 Å². The lowest BCUT2D eigenvalue weighted by molar-refractivity contribution is -0.184. The fraction of sp³-hybridized carbons (Fsp3) is 0.571. The molecule has 0 rings (SSSR count). The zero-order valence-corrected chi connectivity index (χ0v) is 9.75. The molecule has 0 heterocycles. The number of aliphatic carboxylic acids is 3. The van der Waals surface area contributed by atoms with Gasteiger partial charge >= 0.3 is 17.9 Å². The summed E-state index contributed by atoms with van der Waals surface area (Å²) in [5, 5.41) is 35.2. The molecule has 0 fully saturated rings. The van der Waals surface area contributed by atoms with Gasteiger partial charge in [0.2, 0.25) is 11.7 Å². The van der Waals surface area contributed by atoms with Crippen molar-refractivity contribution in [2.45, 2.75) is 18.1 Å². The number of hydrogen-bond acceptors (Lipinski definition) is 7. The van der Waals surface area contributed by atoms with Gasteiger partial charge in [0.05, 0.1) is 12.7 Å². The molecule has 0 amide bonds. The summed E-state index contributed by atoms with van der Waals surface area (Å²) in [6.07, 6.45) is -3.90. The highest BCUT2D eigenvalue weighted by Crippen LogP contribution is 2.21. The molecule has 0 aliphatic rings. The summed E-state index contributed by atoms with van der Waals surface area (Å²) in [5.41, 5.74) is -3.42. The first-order valence-electron chi connectivity index (χ1n) is 4.19. The van der Waals surface area contributed by atoms with Crippen LogP contribution in [0.15, 0.2) is 0 Å². The molecule has 0 aromatic heterocycles. The van der Waals surface area contributed by atoms with Crippen LogP contribution in [0.25, 0.3) is 0 Å². The summed E-state index contributed by atoms with van der Waals surface area (Å²) in [6.45, 7) is 0. The maximum absolute atomic E-state index is 10.8. The van der Waals surface area contributed by atoms with Gasteiger partial charge in [0.25, 0.3) is 10.1 Å². The molecular weight excluding hydrogens is 276 g/mol. The van der Waals surface area contributed by atoms with Gasteiger partial charge in [-0.1, -0.05) is 0 Å². The molecule has 2 unspecified atom stereocenters. The molecule has 104 valence electrons. The van der Waals surface area contributed by atoms with E-state index in [1.165, 1.54) is 0 Å². The molecule has 0 saturated carbocycles. The molecule has 0 aliphatic carbocycles. The van der Waals surface area contributed by atoms with E-state index in [1.54, 1.807) is 0 Å². The normalized spacial score (nSPS) is 16.6. The Bertz CT molecular complexity index is 465. The lowest BCUT2D eigenvalue weighted by Gasteiger charge is -2.26. The lowest BCUT2D eigenvalue weighted by Crippen LogP contribution is -2.56. The largest absolute Gasteiger partial charge is 0.481 e. The van der Waals surface area contributed by atoms with Crippen molar-refractivity contribution in [3.05, 3.63) is 0 Å². The molecule has 11 heteroatoms. The summed E-state index contributed by atoms with van der Waals surface area (Å²) in [7, 11) is -4.42. The van der Waals surface area contributed by atoms with Crippen LogP contribution in [-0.4, -0.2) is 64.7 Å². The van der Waals surface area contributed by atoms with E-state index in [0.717, 1.165) is 0 Å². The summed E-state index contributed by atoms with van der Waals surface area (Å²) < 4.78 is 25.4. The standard InChI is InChI=1S/C7H10O10S/c1-18(15,16)17-4(5(10)11)7(14,6(12)13)2-3(8)9/h4,14H,2H2,1H3,(H,8,9)(H,10,11)(H,12,13). The van der Waals surface area contributed by atoms with Crippen molar-refractivity contribution in [2.24, 2.45) is 0 Å². The molecule has 18 heavy (non-hydrogen) atoms. The van der Waals surface area contributed by atoms with Gasteiger partial charge in [0, 0.05) is 0 Å². The van der Waals surface area contributed by atoms with Gasteiger partial charge in [-0.25, -0.2) is 9.59 Å².